The first-order valence-corrected chi connectivity index (χ1v) is 7.84. The van der Waals surface area contributed by atoms with Gasteiger partial charge in [-0.1, -0.05) is 12.1 Å². The molecule has 0 saturated carbocycles. The molecule has 5 heteroatoms. The number of aromatic nitrogens is 1. The summed E-state index contributed by atoms with van der Waals surface area (Å²) in [5.41, 5.74) is 8.74. The lowest BCUT2D eigenvalue weighted by atomic mass is 10.2. The maximum atomic E-state index is 5.97. The molecule has 90 valence electrons. The van der Waals surface area contributed by atoms with Crippen molar-refractivity contribution in [2.24, 2.45) is 0 Å². The highest BCUT2D eigenvalue weighted by Gasteiger charge is 2.11. The van der Waals surface area contributed by atoms with Crippen molar-refractivity contribution in [3.63, 3.8) is 0 Å². The Bertz CT molecular complexity index is 688. The number of thiazole rings is 1. The lowest BCUT2D eigenvalue weighted by molar-refractivity contribution is 1.42. The second-order valence-electron chi connectivity index (χ2n) is 3.72. The van der Waals surface area contributed by atoms with E-state index >= 15 is 0 Å². The lowest BCUT2D eigenvalue weighted by Crippen LogP contribution is -1.88. The Morgan fingerprint density at radius 2 is 1.94 bits per heavy atom. The zero-order chi connectivity index (χ0) is 12.5. The minimum Gasteiger partial charge on any atom is -0.398 e. The highest BCUT2D eigenvalue weighted by atomic mass is 79.9. The number of benzene rings is 1. The molecule has 0 aliphatic rings. The van der Waals surface area contributed by atoms with Crippen molar-refractivity contribution in [3.05, 3.63) is 45.6 Å². The van der Waals surface area contributed by atoms with E-state index in [9.17, 15) is 0 Å². The Kier molecular flexibility index (Phi) is 3.20. The molecule has 0 spiro atoms. The lowest BCUT2D eigenvalue weighted by Gasteiger charge is -2.00. The van der Waals surface area contributed by atoms with E-state index in [0.717, 1.165) is 31.3 Å². The van der Waals surface area contributed by atoms with E-state index in [1.807, 2.05) is 30.3 Å². The minimum atomic E-state index is 0.767. The molecule has 2 nitrogen and oxygen atoms in total. The summed E-state index contributed by atoms with van der Waals surface area (Å²) < 4.78 is 1.09. The van der Waals surface area contributed by atoms with E-state index in [0.29, 0.717) is 0 Å². The van der Waals surface area contributed by atoms with Crippen LogP contribution in [0, 0.1) is 0 Å². The monoisotopic (exact) mass is 336 g/mol. The van der Waals surface area contributed by atoms with Crippen molar-refractivity contribution in [1.29, 1.82) is 0 Å². The Hall–Kier alpha value is -1.17. The van der Waals surface area contributed by atoms with Gasteiger partial charge in [0.15, 0.2) is 0 Å². The van der Waals surface area contributed by atoms with Crippen molar-refractivity contribution in [2.45, 2.75) is 0 Å². The number of rotatable bonds is 2. The van der Waals surface area contributed by atoms with Crippen LogP contribution in [-0.2, 0) is 0 Å². The molecule has 0 aliphatic carbocycles. The Morgan fingerprint density at radius 1 is 1.11 bits per heavy atom. The third-order valence-corrected chi connectivity index (χ3v) is 5.28. The minimum absolute atomic E-state index is 0.767. The Balaban J connectivity index is 2.05. The van der Waals surface area contributed by atoms with Crippen molar-refractivity contribution < 1.29 is 0 Å². The molecule has 0 aliphatic heterocycles. The van der Waals surface area contributed by atoms with E-state index in [1.54, 1.807) is 22.7 Å². The molecule has 3 aromatic rings. The number of halogens is 1. The standard InChI is InChI=1S/C13H9BrN2S2/c14-9-5-6-17-12(9)11-7-18-13(16-11)8-3-1-2-4-10(8)15/h1-7H,15H2. The van der Waals surface area contributed by atoms with Crippen LogP contribution in [0.5, 0.6) is 0 Å². The van der Waals surface area contributed by atoms with Gasteiger partial charge in [-0.3, -0.25) is 0 Å². The predicted molar refractivity (Wildman–Crippen MR) is 83.0 cm³/mol. The third kappa shape index (κ3) is 2.09. The molecule has 0 saturated heterocycles. The molecule has 0 fully saturated rings. The first kappa shape index (κ1) is 11.9. The van der Waals surface area contributed by atoms with Gasteiger partial charge >= 0.3 is 0 Å². The first-order chi connectivity index (χ1) is 8.75. The molecular weight excluding hydrogens is 328 g/mol. The molecule has 2 heterocycles. The van der Waals surface area contributed by atoms with Crippen LogP contribution in [0.2, 0.25) is 0 Å². The van der Waals surface area contributed by atoms with Crippen LogP contribution in [0.25, 0.3) is 21.1 Å². The number of thiophene rings is 1. The zero-order valence-corrected chi connectivity index (χ0v) is 12.5. The van der Waals surface area contributed by atoms with Gasteiger partial charge < -0.3 is 5.73 Å². The molecule has 3 rings (SSSR count). The van der Waals surface area contributed by atoms with Crippen LogP contribution in [0.3, 0.4) is 0 Å². The van der Waals surface area contributed by atoms with Crippen LogP contribution >= 0.6 is 38.6 Å². The summed E-state index contributed by atoms with van der Waals surface area (Å²) >= 11 is 6.83. The van der Waals surface area contributed by atoms with Gasteiger partial charge in [-0.15, -0.1) is 22.7 Å². The summed E-state index contributed by atoms with van der Waals surface area (Å²) in [6.45, 7) is 0. The predicted octanol–water partition coefficient (Wildman–Crippen LogP) is 4.88. The van der Waals surface area contributed by atoms with E-state index in [-0.39, 0.29) is 0 Å². The van der Waals surface area contributed by atoms with E-state index in [1.165, 1.54) is 0 Å². The van der Waals surface area contributed by atoms with Crippen LogP contribution in [-0.4, -0.2) is 4.98 Å². The van der Waals surface area contributed by atoms with Crippen molar-refractivity contribution in [1.82, 2.24) is 4.98 Å². The SMILES string of the molecule is Nc1ccccc1-c1nc(-c2sccc2Br)cs1. The molecule has 1 aromatic carbocycles. The van der Waals surface area contributed by atoms with Crippen LogP contribution in [0.4, 0.5) is 5.69 Å². The number of nitrogen functional groups attached to an aromatic ring is 1. The van der Waals surface area contributed by atoms with E-state index in [4.69, 9.17) is 5.73 Å². The maximum Gasteiger partial charge on any atom is 0.126 e. The third-order valence-electron chi connectivity index (χ3n) is 2.55. The molecule has 0 unspecified atom stereocenters. The van der Waals surface area contributed by atoms with Crippen molar-refractivity contribution in [2.75, 3.05) is 5.73 Å². The van der Waals surface area contributed by atoms with Gasteiger partial charge in [0.1, 0.15) is 5.01 Å². The largest absolute Gasteiger partial charge is 0.398 e. The van der Waals surface area contributed by atoms with Crippen molar-refractivity contribution >= 4 is 44.3 Å². The molecular formula is C13H9BrN2S2. The second kappa shape index (κ2) is 4.84. The number of hydrogen-bond donors (Lipinski definition) is 1. The zero-order valence-electron chi connectivity index (χ0n) is 9.26. The highest BCUT2D eigenvalue weighted by molar-refractivity contribution is 9.10. The molecule has 0 radical (unpaired) electrons. The van der Waals surface area contributed by atoms with Crippen LogP contribution in [0.1, 0.15) is 0 Å². The summed E-state index contributed by atoms with van der Waals surface area (Å²) in [5.74, 6) is 0. The average Bonchev–Trinajstić information content (AvgIpc) is 2.98. The van der Waals surface area contributed by atoms with Gasteiger partial charge in [0.2, 0.25) is 0 Å². The topological polar surface area (TPSA) is 38.9 Å². The fourth-order valence-corrected chi connectivity index (χ4v) is 4.14. The van der Waals surface area contributed by atoms with Gasteiger partial charge in [0, 0.05) is 21.1 Å². The molecule has 0 atom stereocenters. The normalized spacial score (nSPS) is 10.7. The van der Waals surface area contributed by atoms with Gasteiger partial charge in [-0.05, 0) is 39.5 Å². The molecule has 2 N–H and O–H groups in total. The molecule has 0 amide bonds. The fourth-order valence-electron chi connectivity index (χ4n) is 1.67. The van der Waals surface area contributed by atoms with Gasteiger partial charge in [0.05, 0.1) is 10.6 Å². The van der Waals surface area contributed by atoms with Crippen LogP contribution in [0.15, 0.2) is 45.6 Å². The smallest absolute Gasteiger partial charge is 0.126 e. The summed E-state index contributed by atoms with van der Waals surface area (Å²) in [7, 11) is 0. The quantitative estimate of drug-likeness (QED) is 0.677. The summed E-state index contributed by atoms with van der Waals surface area (Å²) in [4.78, 5) is 5.82. The highest BCUT2D eigenvalue weighted by Crippen LogP contribution is 2.37. The van der Waals surface area contributed by atoms with E-state index < -0.39 is 0 Å². The molecule has 2 aromatic heterocycles. The number of anilines is 1. The Morgan fingerprint density at radius 3 is 2.67 bits per heavy atom. The number of nitrogens with two attached hydrogens (primary N) is 1. The number of para-hydroxylation sites is 1. The summed E-state index contributed by atoms with van der Waals surface area (Å²) in [6.07, 6.45) is 0. The molecule has 18 heavy (non-hydrogen) atoms. The second-order valence-corrected chi connectivity index (χ2v) is 6.35. The van der Waals surface area contributed by atoms with E-state index in [2.05, 4.69) is 31.7 Å². The van der Waals surface area contributed by atoms with Crippen LogP contribution < -0.4 is 5.73 Å². The summed E-state index contributed by atoms with van der Waals surface area (Å²) in [5, 5.41) is 5.08. The first-order valence-electron chi connectivity index (χ1n) is 5.29. The van der Waals surface area contributed by atoms with Crippen molar-refractivity contribution in [3.8, 4) is 21.1 Å². The maximum absolute atomic E-state index is 5.97. The number of nitrogens with zero attached hydrogens (tertiary/aromatic N) is 1. The van der Waals surface area contributed by atoms with Gasteiger partial charge in [-0.2, -0.15) is 0 Å². The molecule has 0 bridgehead atoms. The van der Waals surface area contributed by atoms with Gasteiger partial charge in [-0.25, -0.2) is 4.98 Å². The number of hydrogen-bond acceptors (Lipinski definition) is 4. The fraction of sp³-hybridized carbons (Fsp3) is 0. The average molecular weight is 337 g/mol. The summed E-state index contributed by atoms with van der Waals surface area (Å²) in [6, 6.07) is 9.85. The Labute approximate surface area is 121 Å². The van der Waals surface area contributed by atoms with Gasteiger partial charge in [0.25, 0.3) is 0 Å².